The zero-order chi connectivity index (χ0) is 15.1. The summed E-state index contributed by atoms with van der Waals surface area (Å²) >= 11 is 0. The number of hydrogen-bond acceptors (Lipinski definition) is 2. The number of aliphatic hydroxyl groups excluding tert-OH is 1. The lowest BCUT2D eigenvalue weighted by atomic mass is 10.1. The molecule has 3 nitrogen and oxygen atoms in total. The summed E-state index contributed by atoms with van der Waals surface area (Å²) in [7, 11) is 0. The minimum atomic E-state index is -0.330. The minimum absolute atomic E-state index is 0.0102. The highest BCUT2D eigenvalue weighted by molar-refractivity contribution is 5.38. The highest BCUT2D eigenvalue weighted by Crippen LogP contribution is 2.12. The smallest absolute Gasteiger partial charge is 0.138 e. The predicted molar refractivity (Wildman–Crippen MR) is 80.3 cm³/mol. The van der Waals surface area contributed by atoms with Gasteiger partial charge in [-0.2, -0.15) is 0 Å². The fourth-order valence-electron chi connectivity index (χ4n) is 2.11. The van der Waals surface area contributed by atoms with Crippen molar-refractivity contribution in [2.24, 2.45) is 0 Å². The third kappa shape index (κ3) is 4.17. The highest BCUT2D eigenvalue weighted by Gasteiger charge is 2.05. The molecular weight excluding hydrogens is 267 g/mol. The van der Waals surface area contributed by atoms with E-state index in [1.807, 2.05) is 6.20 Å². The van der Waals surface area contributed by atoms with Gasteiger partial charge in [0.25, 0.3) is 0 Å². The molecule has 0 aliphatic carbocycles. The van der Waals surface area contributed by atoms with Gasteiger partial charge in [-0.05, 0) is 24.1 Å². The number of benzene rings is 1. The summed E-state index contributed by atoms with van der Waals surface area (Å²) in [5.41, 5.74) is 1.36. The van der Waals surface area contributed by atoms with E-state index in [0.717, 1.165) is 24.2 Å². The molecule has 0 radical (unpaired) electrons. The molecular formula is C17H19FN2O. The summed E-state index contributed by atoms with van der Waals surface area (Å²) < 4.78 is 15.8. The van der Waals surface area contributed by atoms with Crippen LogP contribution in [0.2, 0.25) is 0 Å². The van der Waals surface area contributed by atoms with Crippen molar-refractivity contribution in [3.05, 3.63) is 53.4 Å². The third-order valence-corrected chi connectivity index (χ3v) is 3.12. The standard InChI is InChI=1S/C17H19FN2O/c1-2-5-17-19-9-10-20(17)13-14-7-8-16(18)15(12-14)6-3-4-11-21/h7-10,12,21H,2,4-5,11,13H2,1H3. The number of imidazole rings is 1. The molecule has 2 rings (SSSR count). The van der Waals surface area contributed by atoms with Crippen molar-refractivity contribution in [3.8, 4) is 11.8 Å². The van der Waals surface area contributed by atoms with Gasteiger partial charge in [0.2, 0.25) is 0 Å². The number of aryl methyl sites for hydroxylation is 1. The van der Waals surface area contributed by atoms with E-state index in [1.165, 1.54) is 6.07 Å². The van der Waals surface area contributed by atoms with Gasteiger partial charge < -0.3 is 9.67 Å². The van der Waals surface area contributed by atoms with Crippen molar-refractivity contribution in [2.45, 2.75) is 32.7 Å². The Labute approximate surface area is 124 Å². The molecule has 0 amide bonds. The summed E-state index contributed by atoms with van der Waals surface area (Å²) in [4.78, 5) is 4.34. The quantitative estimate of drug-likeness (QED) is 0.858. The van der Waals surface area contributed by atoms with Crippen LogP contribution in [0.5, 0.6) is 0 Å². The Morgan fingerprint density at radius 3 is 3.00 bits per heavy atom. The van der Waals surface area contributed by atoms with Crippen LogP contribution < -0.4 is 0 Å². The van der Waals surface area contributed by atoms with Crippen molar-refractivity contribution in [1.82, 2.24) is 9.55 Å². The van der Waals surface area contributed by atoms with Crippen LogP contribution in [0.4, 0.5) is 4.39 Å². The van der Waals surface area contributed by atoms with Gasteiger partial charge in [0.05, 0.1) is 12.2 Å². The lowest BCUT2D eigenvalue weighted by Gasteiger charge is -2.08. The van der Waals surface area contributed by atoms with Gasteiger partial charge in [-0.25, -0.2) is 9.37 Å². The number of rotatable bonds is 5. The zero-order valence-corrected chi connectivity index (χ0v) is 12.1. The Balaban J connectivity index is 2.19. The van der Waals surface area contributed by atoms with Crippen molar-refractivity contribution >= 4 is 0 Å². The average Bonchev–Trinajstić information content (AvgIpc) is 2.90. The molecule has 0 atom stereocenters. The van der Waals surface area contributed by atoms with Crippen LogP contribution >= 0.6 is 0 Å². The molecule has 0 aliphatic heterocycles. The number of nitrogens with zero attached hydrogens (tertiary/aromatic N) is 2. The van der Waals surface area contributed by atoms with Crippen molar-refractivity contribution in [2.75, 3.05) is 6.61 Å². The van der Waals surface area contributed by atoms with E-state index < -0.39 is 0 Å². The summed E-state index contributed by atoms with van der Waals surface area (Å²) in [5.74, 6) is 6.22. The second-order valence-electron chi connectivity index (χ2n) is 4.81. The molecule has 1 aromatic heterocycles. The van der Waals surface area contributed by atoms with Crippen molar-refractivity contribution in [1.29, 1.82) is 0 Å². The largest absolute Gasteiger partial charge is 0.395 e. The fraction of sp³-hybridized carbons (Fsp3) is 0.353. The van der Waals surface area contributed by atoms with E-state index in [0.29, 0.717) is 18.5 Å². The van der Waals surface area contributed by atoms with Crippen LogP contribution in [0.1, 0.15) is 36.7 Å². The molecule has 110 valence electrons. The van der Waals surface area contributed by atoms with E-state index >= 15 is 0 Å². The van der Waals surface area contributed by atoms with E-state index in [9.17, 15) is 4.39 Å². The maximum Gasteiger partial charge on any atom is 0.138 e. The SMILES string of the molecule is CCCc1nccn1Cc1ccc(F)c(C#CCCO)c1. The van der Waals surface area contributed by atoms with Crippen LogP contribution in [0, 0.1) is 17.7 Å². The third-order valence-electron chi connectivity index (χ3n) is 3.12. The molecule has 0 unspecified atom stereocenters. The van der Waals surface area contributed by atoms with Gasteiger partial charge in [-0.15, -0.1) is 0 Å². The molecule has 1 aromatic carbocycles. The molecule has 1 heterocycles. The summed E-state index contributed by atoms with van der Waals surface area (Å²) in [6.07, 6.45) is 6.05. The summed E-state index contributed by atoms with van der Waals surface area (Å²) in [6.45, 7) is 2.76. The average molecular weight is 286 g/mol. The zero-order valence-electron chi connectivity index (χ0n) is 12.1. The summed E-state index contributed by atoms with van der Waals surface area (Å²) in [5, 5.41) is 8.71. The highest BCUT2D eigenvalue weighted by atomic mass is 19.1. The van der Waals surface area contributed by atoms with Crippen molar-refractivity contribution in [3.63, 3.8) is 0 Å². The second-order valence-corrected chi connectivity index (χ2v) is 4.81. The van der Waals surface area contributed by atoms with Gasteiger partial charge in [0, 0.05) is 31.8 Å². The molecule has 2 aromatic rings. The fourth-order valence-corrected chi connectivity index (χ4v) is 2.11. The van der Waals surface area contributed by atoms with Gasteiger partial charge in [0.1, 0.15) is 11.6 Å². The first-order valence-electron chi connectivity index (χ1n) is 7.12. The van der Waals surface area contributed by atoms with Crippen LogP contribution in [-0.4, -0.2) is 21.3 Å². The van der Waals surface area contributed by atoms with E-state index in [2.05, 4.69) is 28.3 Å². The Hall–Kier alpha value is -2.12. The normalized spacial score (nSPS) is 10.2. The maximum atomic E-state index is 13.7. The molecule has 4 heteroatoms. The predicted octanol–water partition coefficient (Wildman–Crippen LogP) is 2.76. The number of halogens is 1. The van der Waals surface area contributed by atoms with Gasteiger partial charge in [-0.3, -0.25) is 0 Å². The van der Waals surface area contributed by atoms with Gasteiger partial charge >= 0.3 is 0 Å². The lowest BCUT2D eigenvalue weighted by Crippen LogP contribution is -2.04. The van der Waals surface area contributed by atoms with Crippen LogP contribution in [-0.2, 0) is 13.0 Å². The molecule has 0 aliphatic rings. The molecule has 0 saturated heterocycles. The molecule has 0 bridgehead atoms. The van der Waals surface area contributed by atoms with Gasteiger partial charge in [0.15, 0.2) is 0 Å². The monoisotopic (exact) mass is 286 g/mol. The van der Waals surface area contributed by atoms with E-state index in [1.54, 1.807) is 18.3 Å². The number of aromatic nitrogens is 2. The Bertz CT molecular complexity index is 652. The second kappa shape index (κ2) is 7.61. The summed E-state index contributed by atoms with van der Waals surface area (Å²) in [6, 6.07) is 4.96. The number of hydrogen-bond donors (Lipinski definition) is 1. The first-order valence-corrected chi connectivity index (χ1v) is 7.12. The molecule has 21 heavy (non-hydrogen) atoms. The van der Waals surface area contributed by atoms with Crippen LogP contribution in [0.3, 0.4) is 0 Å². The van der Waals surface area contributed by atoms with Crippen LogP contribution in [0.15, 0.2) is 30.6 Å². The Morgan fingerprint density at radius 2 is 2.24 bits per heavy atom. The van der Waals surface area contributed by atoms with E-state index in [4.69, 9.17) is 5.11 Å². The van der Waals surface area contributed by atoms with E-state index in [-0.39, 0.29) is 12.4 Å². The van der Waals surface area contributed by atoms with Crippen molar-refractivity contribution < 1.29 is 9.50 Å². The molecule has 0 saturated carbocycles. The molecule has 0 spiro atoms. The van der Waals surface area contributed by atoms with Gasteiger partial charge in [-0.1, -0.05) is 24.8 Å². The Kier molecular flexibility index (Phi) is 5.53. The topological polar surface area (TPSA) is 38.0 Å². The minimum Gasteiger partial charge on any atom is -0.395 e. The first kappa shape index (κ1) is 15.3. The first-order chi connectivity index (χ1) is 10.2. The maximum absolute atomic E-state index is 13.7. The van der Waals surface area contributed by atoms with Crippen LogP contribution in [0.25, 0.3) is 0 Å². The number of aliphatic hydroxyl groups is 1. The lowest BCUT2D eigenvalue weighted by molar-refractivity contribution is 0.305. The molecule has 1 N–H and O–H groups in total. The molecule has 0 fully saturated rings. The Morgan fingerprint density at radius 1 is 1.38 bits per heavy atom.